The molecular formula is C30H26O5. The second-order valence-electron chi connectivity index (χ2n) is 9.77. The van der Waals surface area contributed by atoms with Crippen LogP contribution in [0.3, 0.4) is 0 Å². The maximum atomic E-state index is 13.0. The highest BCUT2D eigenvalue weighted by atomic mass is 16.6. The summed E-state index contributed by atoms with van der Waals surface area (Å²) < 4.78 is 17.1. The van der Waals surface area contributed by atoms with E-state index in [2.05, 4.69) is 60.7 Å². The van der Waals surface area contributed by atoms with Gasteiger partial charge in [0.25, 0.3) is 0 Å². The fourth-order valence-electron chi connectivity index (χ4n) is 6.99. The Morgan fingerprint density at radius 1 is 0.629 bits per heavy atom. The van der Waals surface area contributed by atoms with Crippen molar-refractivity contribution in [3.63, 3.8) is 0 Å². The Kier molecular flexibility index (Phi) is 4.49. The van der Waals surface area contributed by atoms with Crippen LogP contribution in [-0.2, 0) is 23.8 Å². The lowest BCUT2D eigenvalue weighted by atomic mass is 9.60. The van der Waals surface area contributed by atoms with Crippen LogP contribution >= 0.6 is 0 Å². The third kappa shape index (κ3) is 2.67. The Labute approximate surface area is 204 Å². The van der Waals surface area contributed by atoms with E-state index in [0.29, 0.717) is 0 Å². The average molecular weight is 467 g/mol. The van der Waals surface area contributed by atoms with Crippen molar-refractivity contribution in [3.05, 3.63) is 105 Å². The lowest BCUT2D eigenvalue weighted by Crippen LogP contribution is -2.37. The lowest BCUT2D eigenvalue weighted by molar-refractivity contribution is -0.160. The summed E-state index contributed by atoms with van der Waals surface area (Å²) in [6.45, 7) is 4.08. The summed E-state index contributed by atoms with van der Waals surface area (Å²) in [6.07, 6.45) is -1.00. The number of hydrogen-bond acceptors (Lipinski definition) is 5. The highest BCUT2D eigenvalue weighted by Gasteiger charge is 2.60. The first-order chi connectivity index (χ1) is 17.1. The van der Waals surface area contributed by atoms with Gasteiger partial charge in [0.2, 0.25) is 0 Å². The summed E-state index contributed by atoms with van der Waals surface area (Å²) in [5, 5.41) is 0. The van der Waals surface area contributed by atoms with Gasteiger partial charge < -0.3 is 14.2 Å². The van der Waals surface area contributed by atoms with Crippen molar-refractivity contribution >= 4 is 11.9 Å². The van der Waals surface area contributed by atoms with Crippen molar-refractivity contribution in [2.75, 3.05) is 13.2 Å². The van der Waals surface area contributed by atoms with Gasteiger partial charge in [-0.1, -0.05) is 60.7 Å². The summed E-state index contributed by atoms with van der Waals surface area (Å²) >= 11 is 0. The Morgan fingerprint density at radius 2 is 1.00 bits per heavy atom. The first-order valence-corrected chi connectivity index (χ1v) is 12.5. The van der Waals surface area contributed by atoms with Crippen LogP contribution in [-0.4, -0.2) is 25.2 Å². The SMILES string of the molecule is CCOC(=O)C1C2OC(c3cc4c(cc32)C2c3ccccc3C4c3ccccc32)C1C(=O)OCC. The standard InChI is InChI=1S/C30H26O5/c1-3-33-29(31)25-26(30(32)34-4-2)28-22-14-20-19(13-21(22)27(25)35-28)23-15-9-5-7-11-17(15)24(20)18-12-8-6-10-16(18)23/h5-14,23-28H,3-4H2,1-2H3. The monoisotopic (exact) mass is 466 g/mol. The van der Waals surface area contributed by atoms with Crippen molar-refractivity contribution in [1.82, 2.24) is 0 Å². The van der Waals surface area contributed by atoms with Crippen LogP contribution in [0.25, 0.3) is 0 Å². The van der Waals surface area contributed by atoms with E-state index in [-0.39, 0.29) is 25.0 Å². The zero-order valence-corrected chi connectivity index (χ0v) is 19.7. The predicted molar refractivity (Wildman–Crippen MR) is 128 cm³/mol. The summed E-state index contributed by atoms with van der Waals surface area (Å²) in [6, 6.07) is 21.9. The smallest absolute Gasteiger partial charge is 0.312 e. The highest BCUT2D eigenvalue weighted by Crippen LogP contribution is 2.62. The van der Waals surface area contributed by atoms with Gasteiger partial charge in [-0.3, -0.25) is 9.59 Å². The Morgan fingerprint density at radius 3 is 1.34 bits per heavy atom. The molecule has 5 aliphatic rings. The van der Waals surface area contributed by atoms with Crippen molar-refractivity contribution < 1.29 is 23.8 Å². The lowest BCUT2D eigenvalue weighted by Gasteiger charge is -2.43. The fraction of sp³-hybridized carbons (Fsp3) is 0.333. The molecule has 176 valence electrons. The summed E-state index contributed by atoms with van der Waals surface area (Å²) in [5.74, 6) is -1.87. The molecule has 0 amide bonds. The number of carbonyl (C=O) groups excluding carboxylic acids is 2. The summed E-state index contributed by atoms with van der Waals surface area (Å²) in [5.41, 5.74) is 9.95. The number of hydrogen-bond donors (Lipinski definition) is 0. The molecule has 4 unspecified atom stereocenters. The van der Waals surface area contributed by atoms with Crippen molar-refractivity contribution in [1.29, 1.82) is 0 Å². The first kappa shape index (κ1) is 20.9. The normalized spacial score (nSPS) is 28.1. The van der Waals surface area contributed by atoms with Crippen molar-refractivity contribution in [3.8, 4) is 0 Å². The van der Waals surface area contributed by atoms with Gasteiger partial charge in [-0.15, -0.1) is 0 Å². The van der Waals surface area contributed by atoms with Crippen LogP contribution in [0.1, 0.15) is 82.4 Å². The van der Waals surface area contributed by atoms with E-state index in [0.717, 1.165) is 11.1 Å². The Hall–Kier alpha value is -3.44. The Balaban J connectivity index is 1.40. The molecule has 1 saturated heterocycles. The minimum Gasteiger partial charge on any atom is -0.466 e. The number of esters is 2. The van der Waals surface area contributed by atoms with Gasteiger partial charge in [-0.05, 0) is 58.4 Å². The third-order valence-electron chi connectivity index (χ3n) is 8.21. The first-order valence-electron chi connectivity index (χ1n) is 12.5. The second-order valence-corrected chi connectivity index (χ2v) is 9.77. The largest absolute Gasteiger partial charge is 0.466 e. The van der Waals surface area contributed by atoms with E-state index in [9.17, 15) is 9.59 Å². The van der Waals surface area contributed by atoms with Crippen LogP contribution in [0.2, 0.25) is 0 Å². The molecule has 3 aliphatic carbocycles. The maximum Gasteiger partial charge on any atom is 0.312 e. The quantitative estimate of drug-likeness (QED) is 0.343. The average Bonchev–Trinajstić information content (AvgIpc) is 3.44. The molecule has 0 saturated carbocycles. The Bertz CT molecular complexity index is 1240. The highest BCUT2D eigenvalue weighted by molar-refractivity contribution is 5.85. The summed E-state index contributed by atoms with van der Waals surface area (Å²) in [7, 11) is 0. The molecule has 3 aromatic carbocycles. The van der Waals surface area contributed by atoms with E-state index in [1.165, 1.54) is 33.4 Å². The van der Waals surface area contributed by atoms with Crippen LogP contribution in [0.4, 0.5) is 0 Å². The fourth-order valence-corrected chi connectivity index (χ4v) is 6.99. The molecule has 0 radical (unpaired) electrons. The van der Waals surface area contributed by atoms with Gasteiger partial charge in [-0.25, -0.2) is 0 Å². The number of benzene rings is 3. The molecule has 2 aliphatic heterocycles. The molecule has 1 fully saturated rings. The summed E-state index contributed by atoms with van der Waals surface area (Å²) in [4.78, 5) is 26.0. The van der Waals surface area contributed by atoms with Crippen LogP contribution in [0.15, 0.2) is 60.7 Å². The minimum absolute atomic E-state index is 0.147. The van der Waals surface area contributed by atoms with Gasteiger partial charge in [-0.2, -0.15) is 0 Å². The minimum atomic E-state index is -0.690. The van der Waals surface area contributed by atoms with E-state index in [1.54, 1.807) is 13.8 Å². The molecule has 5 heteroatoms. The second kappa shape index (κ2) is 7.53. The van der Waals surface area contributed by atoms with E-state index in [1.807, 2.05) is 0 Å². The van der Waals surface area contributed by atoms with E-state index >= 15 is 0 Å². The van der Waals surface area contributed by atoms with E-state index in [4.69, 9.17) is 14.2 Å². The zero-order chi connectivity index (χ0) is 23.8. The van der Waals surface area contributed by atoms with Crippen LogP contribution in [0, 0.1) is 11.8 Å². The number of carbonyl (C=O) groups is 2. The molecule has 3 aromatic rings. The maximum absolute atomic E-state index is 13.0. The van der Waals surface area contributed by atoms with Crippen molar-refractivity contribution in [2.24, 2.45) is 11.8 Å². The number of rotatable bonds is 4. The van der Waals surface area contributed by atoms with Crippen LogP contribution in [0.5, 0.6) is 0 Å². The molecule has 8 rings (SSSR count). The molecule has 35 heavy (non-hydrogen) atoms. The topological polar surface area (TPSA) is 61.8 Å². The molecule has 0 aromatic heterocycles. The molecule has 4 bridgehead atoms. The molecule has 0 N–H and O–H groups in total. The van der Waals surface area contributed by atoms with Crippen LogP contribution < -0.4 is 0 Å². The van der Waals surface area contributed by atoms with E-state index < -0.39 is 36.0 Å². The van der Waals surface area contributed by atoms with Gasteiger partial charge in [0, 0.05) is 11.8 Å². The molecule has 4 atom stereocenters. The third-order valence-corrected chi connectivity index (χ3v) is 8.21. The predicted octanol–water partition coefficient (Wildman–Crippen LogP) is 5.16. The van der Waals surface area contributed by atoms with Crippen molar-refractivity contribution in [2.45, 2.75) is 37.9 Å². The molecule has 5 nitrogen and oxygen atoms in total. The molecular weight excluding hydrogens is 440 g/mol. The number of fused-ring (bicyclic) bond motifs is 5. The van der Waals surface area contributed by atoms with Gasteiger partial charge in [0.15, 0.2) is 0 Å². The zero-order valence-electron chi connectivity index (χ0n) is 19.7. The van der Waals surface area contributed by atoms with Gasteiger partial charge >= 0.3 is 11.9 Å². The van der Waals surface area contributed by atoms with Gasteiger partial charge in [0.1, 0.15) is 11.8 Å². The number of ether oxygens (including phenoxy) is 3. The molecule has 0 spiro atoms. The van der Waals surface area contributed by atoms with Gasteiger partial charge in [0.05, 0.1) is 25.4 Å². The molecule has 2 heterocycles.